The van der Waals surface area contributed by atoms with Crippen molar-refractivity contribution in [1.82, 2.24) is 25.3 Å². The summed E-state index contributed by atoms with van der Waals surface area (Å²) < 4.78 is 31.1. The molecule has 9 heteroatoms. The van der Waals surface area contributed by atoms with Crippen molar-refractivity contribution in [2.45, 2.75) is 30.8 Å². The Hall–Kier alpha value is -2.55. The van der Waals surface area contributed by atoms with E-state index < -0.39 is 20.3 Å². The lowest BCUT2D eigenvalue weighted by atomic mass is 10.1. The topological polar surface area (TPSA) is 115 Å². The van der Waals surface area contributed by atoms with Gasteiger partial charge < -0.3 is 4.52 Å². The van der Waals surface area contributed by atoms with Gasteiger partial charge in [-0.1, -0.05) is 42.4 Å². The normalized spacial score (nSPS) is 14.4. The van der Waals surface area contributed by atoms with Crippen LogP contribution in [0.2, 0.25) is 0 Å². The van der Waals surface area contributed by atoms with E-state index in [1.54, 1.807) is 6.92 Å². The van der Waals surface area contributed by atoms with Crippen molar-refractivity contribution < 1.29 is 12.9 Å². The SMILES string of the molecule is CCC(c1ccccc1)S(=O)(=O)C(C)c1nc(-c2ncn[nH]2)no1. The first kappa shape index (κ1) is 16.3. The summed E-state index contributed by atoms with van der Waals surface area (Å²) in [6.07, 6.45) is 1.77. The summed E-state index contributed by atoms with van der Waals surface area (Å²) in [6.45, 7) is 3.40. The fraction of sp³-hybridized carbons (Fsp3) is 0.333. The zero-order valence-corrected chi connectivity index (χ0v) is 14.1. The third-order valence-corrected chi connectivity index (χ3v) is 6.43. The molecule has 2 aromatic heterocycles. The van der Waals surface area contributed by atoms with Crippen LogP contribution in [0.4, 0.5) is 0 Å². The fourth-order valence-electron chi connectivity index (χ4n) is 2.52. The van der Waals surface area contributed by atoms with Gasteiger partial charge in [-0.15, -0.1) is 0 Å². The fourth-order valence-corrected chi connectivity index (χ4v) is 4.39. The number of nitrogens with zero attached hydrogens (tertiary/aromatic N) is 4. The monoisotopic (exact) mass is 347 g/mol. The van der Waals surface area contributed by atoms with Gasteiger partial charge in [0.1, 0.15) is 11.6 Å². The first-order chi connectivity index (χ1) is 11.5. The van der Waals surface area contributed by atoms with Crippen LogP contribution in [-0.2, 0) is 9.84 Å². The van der Waals surface area contributed by atoms with Crippen LogP contribution in [0.3, 0.4) is 0 Å². The molecule has 2 atom stereocenters. The average Bonchev–Trinajstić information content (AvgIpc) is 3.27. The smallest absolute Gasteiger partial charge is 0.245 e. The number of H-pyrrole nitrogens is 1. The van der Waals surface area contributed by atoms with Gasteiger partial charge in [-0.2, -0.15) is 10.1 Å². The molecule has 0 aliphatic heterocycles. The van der Waals surface area contributed by atoms with E-state index in [4.69, 9.17) is 4.52 Å². The second kappa shape index (κ2) is 6.52. The third kappa shape index (κ3) is 2.94. The first-order valence-electron chi connectivity index (χ1n) is 7.51. The minimum absolute atomic E-state index is 0.0378. The van der Waals surface area contributed by atoms with Crippen molar-refractivity contribution in [3.63, 3.8) is 0 Å². The molecule has 0 spiro atoms. The Labute approximate surface area is 139 Å². The Morgan fingerprint density at radius 3 is 2.62 bits per heavy atom. The molecule has 1 aromatic carbocycles. The van der Waals surface area contributed by atoms with Crippen molar-refractivity contribution >= 4 is 9.84 Å². The van der Waals surface area contributed by atoms with Crippen LogP contribution in [0.15, 0.2) is 41.2 Å². The molecule has 0 bridgehead atoms. The highest BCUT2D eigenvalue weighted by Crippen LogP contribution is 2.35. The van der Waals surface area contributed by atoms with Gasteiger partial charge in [0.05, 0.1) is 5.25 Å². The van der Waals surface area contributed by atoms with E-state index >= 15 is 0 Å². The maximum Gasteiger partial charge on any atom is 0.245 e. The largest absolute Gasteiger partial charge is 0.337 e. The van der Waals surface area contributed by atoms with Gasteiger partial charge >= 0.3 is 0 Å². The van der Waals surface area contributed by atoms with Crippen molar-refractivity contribution in [2.24, 2.45) is 0 Å². The van der Waals surface area contributed by atoms with Gasteiger partial charge in [-0.05, 0) is 18.9 Å². The molecule has 0 fully saturated rings. The zero-order chi connectivity index (χ0) is 17.2. The van der Waals surface area contributed by atoms with Gasteiger partial charge in [0.2, 0.25) is 11.7 Å². The molecule has 0 saturated carbocycles. The van der Waals surface area contributed by atoms with E-state index in [2.05, 4.69) is 25.3 Å². The quantitative estimate of drug-likeness (QED) is 0.728. The number of rotatable bonds is 6. The number of hydrogen-bond acceptors (Lipinski definition) is 7. The summed E-state index contributed by atoms with van der Waals surface area (Å²) in [5.74, 6) is 0.540. The molecular formula is C15H17N5O3S. The predicted octanol–water partition coefficient (Wildman–Crippen LogP) is 2.48. The van der Waals surface area contributed by atoms with Gasteiger partial charge in [0, 0.05) is 0 Å². The number of nitrogens with one attached hydrogen (secondary N) is 1. The number of aromatic nitrogens is 5. The summed E-state index contributed by atoms with van der Waals surface area (Å²) >= 11 is 0. The molecule has 126 valence electrons. The van der Waals surface area contributed by atoms with E-state index in [1.165, 1.54) is 6.33 Å². The number of benzene rings is 1. The Morgan fingerprint density at radius 1 is 1.25 bits per heavy atom. The second-order valence-electron chi connectivity index (χ2n) is 5.33. The number of sulfone groups is 1. The second-order valence-corrected chi connectivity index (χ2v) is 7.78. The molecular weight excluding hydrogens is 330 g/mol. The predicted molar refractivity (Wildman–Crippen MR) is 86.5 cm³/mol. The minimum Gasteiger partial charge on any atom is -0.337 e. The number of hydrogen-bond donors (Lipinski definition) is 1. The molecule has 2 unspecified atom stereocenters. The van der Waals surface area contributed by atoms with Crippen molar-refractivity contribution in [2.75, 3.05) is 0 Å². The van der Waals surface area contributed by atoms with Gasteiger partial charge in [0.25, 0.3) is 0 Å². The minimum atomic E-state index is -3.56. The highest BCUT2D eigenvalue weighted by Gasteiger charge is 2.35. The molecule has 2 heterocycles. The van der Waals surface area contributed by atoms with Crippen molar-refractivity contribution in [3.8, 4) is 11.6 Å². The summed E-state index contributed by atoms with van der Waals surface area (Å²) in [7, 11) is -3.56. The van der Waals surface area contributed by atoms with E-state index in [0.29, 0.717) is 12.2 Å². The van der Waals surface area contributed by atoms with E-state index in [-0.39, 0.29) is 11.7 Å². The molecule has 8 nitrogen and oxygen atoms in total. The molecule has 3 aromatic rings. The maximum absolute atomic E-state index is 13.0. The van der Waals surface area contributed by atoms with Crippen LogP contribution < -0.4 is 0 Å². The Morgan fingerprint density at radius 2 is 2.00 bits per heavy atom. The van der Waals surface area contributed by atoms with E-state index in [9.17, 15) is 8.42 Å². The van der Waals surface area contributed by atoms with E-state index in [1.807, 2.05) is 37.3 Å². The molecule has 0 aliphatic carbocycles. The van der Waals surface area contributed by atoms with Crippen LogP contribution in [0.1, 0.15) is 42.2 Å². The van der Waals surface area contributed by atoms with Gasteiger partial charge in [-0.3, -0.25) is 5.10 Å². The lowest BCUT2D eigenvalue weighted by molar-refractivity contribution is 0.376. The lowest BCUT2D eigenvalue weighted by Crippen LogP contribution is -2.19. The summed E-state index contributed by atoms with van der Waals surface area (Å²) in [5.41, 5.74) is 0.752. The maximum atomic E-state index is 13.0. The molecule has 0 saturated heterocycles. The Bertz CT molecular complexity index is 890. The molecule has 0 radical (unpaired) electrons. The third-order valence-electron chi connectivity index (χ3n) is 3.85. The van der Waals surface area contributed by atoms with Crippen LogP contribution in [0.25, 0.3) is 11.6 Å². The first-order valence-corrected chi connectivity index (χ1v) is 9.12. The molecule has 24 heavy (non-hydrogen) atoms. The summed E-state index contributed by atoms with van der Waals surface area (Å²) in [6, 6.07) is 9.13. The van der Waals surface area contributed by atoms with Crippen LogP contribution in [0.5, 0.6) is 0 Å². The van der Waals surface area contributed by atoms with Crippen LogP contribution >= 0.6 is 0 Å². The molecule has 0 amide bonds. The van der Waals surface area contributed by atoms with E-state index in [0.717, 1.165) is 5.56 Å². The van der Waals surface area contributed by atoms with Gasteiger partial charge in [0.15, 0.2) is 15.7 Å². The summed E-state index contributed by atoms with van der Waals surface area (Å²) in [4.78, 5) is 8.06. The Kier molecular flexibility index (Phi) is 4.43. The highest BCUT2D eigenvalue weighted by atomic mass is 32.2. The Balaban J connectivity index is 1.91. The van der Waals surface area contributed by atoms with Gasteiger partial charge in [-0.25, -0.2) is 13.4 Å². The van der Waals surface area contributed by atoms with Crippen LogP contribution in [0, 0.1) is 0 Å². The molecule has 0 aliphatic rings. The molecule has 1 N–H and O–H groups in total. The standard InChI is InChI=1S/C15H17N5O3S/c1-3-12(11-7-5-4-6-8-11)24(21,22)10(2)15-18-14(20-23-15)13-16-9-17-19-13/h4-10,12H,3H2,1-2H3,(H,16,17,19). The zero-order valence-electron chi connectivity index (χ0n) is 13.2. The van der Waals surface area contributed by atoms with Crippen molar-refractivity contribution in [3.05, 3.63) is 48.1 Å². The van der Waals surface area contributed by atoms with Crippen molar-refractivity contribution in [1.29, 1.82) is 0 Å². The molecule has 3 rings (SSSR count). The highest BCUT2D eigenvalue weighted by molar-refractivity contribution is 7.91. The lowest BCUT2D eigenvalue weighted by Gasteiger charge is -2.19. The average molecular weight is 347 g/mol. The van der Waals surface area contributed by atoms with Crippen LogP contribution in [-0.4, -0.2) is 33.7 Å². The number of aromatic amines is 1. The summed E-state index contributed by atoms with van der Waals surface area (Å²) in [5, 5.41) is 8.53.